The highest BCUT2D eigenvalue weighted by atomic mass is 32.2. The Morgan fingerprint density at radius 3 is 2.62 bits per heavy atom. The van der Waals surface area contributed by atoms with Crippen molar-refractivity contribution in [1.82, 2.24) is 19.3 Å². The molecule has 2 aromatic heterocycles. The number of anilines is 1. The number of carbonyl (C=O) groups is 1. The van der Waals surface area contributed by atoms with Gasteiger partial charge in [-0.25, -0.2) is 4.98 Å². The first kappa shape index (κ1) is 16.3. The maximum Gasteiger partial charge on any atom is 0.236 e. The monoisotopic (exact) mass is 341 g/mol. The Morgan fingerprint density at radius 2 is 1.96 bits per heavy atom. The van der Waals surface area contributed by atoms with Gasteiger partial charge in [0.2, 0.25) is 5.91 Å². The van der Waals surface area contributed by atoms with Crippen LogP contribution in [0.1, 0.15) is 11.1 Å². The second kappa shape index (κ2) is 6.92. The van der Waals surface area contributed by atoms with Gasteiger partial charge in [-0.15, -0.1) is 0 Å². The number of aryl methyl sites for hydroxylation is 3. The molecule has 0 fully saturated rings. The highest BCUT2D eigenvalue weighted by Gasteiger charge is 2.10. The van der Waals surface area contributed by atoms with Gasteiger partial charge in [-0.1, -0.05) is 17.8 Å². The highest BCUT2D eigenvalue weighted by molar-refractivity contribution is 7.99. The summed E-state index contributed by atoms with van der Waals surface area (Å²) in [5, 5.41) is 7.70. The van der Waals surface area contributed by atoms with Crippen molar-refractivity contribution in [2.75, 3.05) is 11.1 Å². The van der Waals surface area contributed by atoms with Crippen molar-refractivity contribution in [3.8, 4) is 5.69 Å². The molecule has 0 aliphatic heterocycles. The predicted molar refractivity (Wildman–Crippen MR) is 95.6 cm³/mol. The Bertz CT molecular complexity index is 847. The fourth-order valence-electron chi connectivity index (χ4n) is 2.47. The van der Waals surface area contributed by atoms with Crippen molar-refractivity contribution in [2.45, 2.75) is 19.0 Å². The molecule has 3 aromatic rings. The van der Waals surface area contributed by atoms with Crippen LogP contribution in [0, 0.1) is 13.8 Å². The molecule has 1 N–H and O–H groups in total. The van der Waals surface area contributed by atoms with E-state index < -0.39 is 0 Å². The van der Waals surface area contributed by atoms with Crippen LogP contribution in [0.25, 0.3) is 5.69 Å². The van der Waals surface area contributed by atoms with E-state index in [1.165, 1.54) is 22.9 Å². The largest absolute Gasteiger partial charge is 0.308 e. The van der Waals surface area contributed by atoms with Crippen LogP contribution < -0.4 is 5.32 Å². The lowest BCUT2D eigenvalue weighted by Crippen LogP contribution is -2.15. The average Bonchev–Trinajstić information content (AvgIpc) is 3.13. The summed E-state index contributed by atoms with van der Waals surface area (Å²) in [5.74, 6) is 0.729. The lowest BCUT2D eigenvalue weighted by atomic mass is 10.1. The third-order valence-corrected chi connectivity index (χ3v) is 4.37. The summed E-state index contributed by atoms with van der Waals surface area (Å²) in [5.41, 5.74) is 3.45. The zero-order valence-corrected chi connectivity index (χ0v) is 14.7. The fraction of sp³-hybridized carbons (Fsp3) is 0.235. The van der Waals surface area contributed by atoms with Crippen molar-refractivity contribution in [3.63, 3.8) is 0 Å². The van der Waals surface area contributed by atoms with Gasteiger partial charge in [0.25, 0.3) is 0 Å². The molecule has 7 heteroatoms. The number of carbonyl (C=O) groups excluding carboxylic acids is 1. The normalized spacial score (nSPS) is 10.8. The van der Waals surface area contributed by atoms with Crippen LogP contribution >= 0.6 is 11.8 Å². The number of aromatic nitrogens is 4. The van der Waals surface area contributed by atoms with E-state index in [-0.39, 0.29) is 11.7 Å². The van der Waals surface area contributed by atoms with Gasteiger partial charge in [0.05, 0.1) is 5.75 Å². The average molecular weight is 341 g/mol. The molecular formula is C17H19N5OS. The van der Waals surface area contributed by atoms with E-state index in [0.717, 1.165) is 10.8 Å². The van der Waals surface area contributed by atoms with Crippen LogP contribution in [0.2, 0.25) is 0 Å². The van der Waals surface area contributed by atoms with E-state index in [0.29, 0.717) is 5.82 Å². The SMILES string of the molecule is Cc1cc(C)cc(-n2ccnc2SCC(=O)Nc2ccn(C)n2)c1. The summed E-state index contributed by atoms with van der Waals surface area (Å²) >= 11 is 1.40. The second-order valence-corrected chi connectivity index (χ2v) is 6.58. The lowest BCUT2D eigenvalue weighted by molar-refractivity contribution is -0.113. The molecule has 3 rings (SSSR count). The van der Waals surface area contributed by atoms with Gasteiger partial charge >= 0.3 is 0 Å². The quantitative estimate of drug-likeness (QED) is 0.725. The molecule has 0 aliphatic rings. The molecule has 24 heavy (non-hydrogen) atoms. The molecule has 0 saturated carbocycles. The van der Waals surface area contributed by atoms with Gasteiger partial charge < -0.3 is 5.32 Å². The molecule has 2 heterocycles. The number of amides is 1. The molecule has 124 valence electrons. The van der Waals surface area contributed by atoms with Crippen LogP contribution in [-0.4, -0.2) is 31.0 Å². The second-order valence-electron chi connectivity index (χ2n) is 5.64. The minimum Gasteiger partial charge on any atom is -0.308 e. The minimum absolute atomic E-state index is 0.103. The first-order chi connectivity index (χ1) is 11.5. The van der Waals surface area contributed by atoms with E-state index in [1.54, 1.807) is 23.1 Å². The molecule has 0 bridgehead atoms. The molecule has 0 spiro atoms. The zero-order valence-electron chi connectivity index (χ0n) is 13.9. The van der Waals surface area contributed by atoms with E-state index in [9.17, 15) is 4.79 Å². The molecule has 0 radical (unpaired) electrons. The van der Waals surface area contributed by atoms with Gasteiger partial charge in [0, 0.05) is 37.4 Å². The Hall–Kier alpha value is -2.54. The summed E-state index contributed by atoms with van der Waals surface area (Å²) in [4.78, 5) is 16.4. The molecule has 0 atom stereocenters. The number of nitrogens with zero attached hydrogens (tertiary/aromatic N) is 4. The maximum absolute atomic E-state index is 12.1. The van der Waals surface area contributed by atoms with E-state index >= 15 is 0 Å². The number of imidazole rings is 1. The Kier molecular flexibility index (Phi) is 4.71. The van der Waals surface area contributed by atoms with Crippen LogP contribution in [0.15, 0.2) is 48.0 Å². The Balaban J connectivity index is 1.68. The molecule has 0 saturated heterocycles. The molecule has 0 unspecified atom stereocenters. The van der Waals surface area contributed by atoms with Crippen molar-refractivity contribution in [2.24, 2.45) is 7.05 Å². The van der Waals surface area contributed by atoms with Crippen molar-refractivity contribution in [1.29, 1.82) is 0 Å². The van der Waals surface area contributed by atoms with Gasteiger partial charge in [0.15, 0.2) is 11.0 Å². The highest BCUT2D eigenvalue weighted by Crippen LogP contribution is 2.22. The first-order valence-electron chi connectivity index (χ1n) is 7.55. The third kappa shape index (κ3) is 3.86. The number of hydrogen-bond donors (Lipinski definition) is 1. The molecule has 0 aliphatic carbocycles. The Labute approximate surface area is 144 Å². The van der Waals surface area contributed by atoms with Crippen molar-refractivity contribution >= 4 is 23.5 Å². The topological polar surface area (TPSA) is 64.7 Å². The number of thioether (sulfide) groups is 1. The van der Waals surface area contributed by atoms with Crippen LogP contribution in [0.5, 0.6) is 0 Å². The zero-order chi connectivity index (χ0) is 17.1. The van der Waals surface area contributed by atoms with Gasteiger partial charge in [-0.05, 0) is 37.1 Å². The molecule has 1 aromatic carbocycles. The summed E-state index contributed by atoms with van der Waals surface area (Å²) in [6.45, 7) is 4.14. The fourth-order valence-corrected chi connectivity index (χ4v) is 3.25. The number of nitrogens with one attached hydrogen (secondary N) is 1. The lowest BCUT2D eigenvalue weighted by Gasteiger charge is -2.09. The van der Waals surface area contributed by atoms with E-state index in [4.69, 9.17) is 0 Å². The molecule has 1 amide bonds. The molecular weight excluding hydrogens is 322 g/mol. The summed E-state index contributed by atoms with van der Waals surface area (Å²) in [6.07, 6.45) is 5.44. The summed E-state index contributed by atoms with van der Waals surface area (Å²) in [7, 11) is 1.81. The van der Waals surface area contributed by atoms with E-state index in [1.807, 2.05) is 17.8 Å². The van der Waals surface area contributed by atoms with Crippen LogP contribution in [0.4, 0.5) is 5.82 Å². The summed E-state index contributed by atoms with van der Waals surface area (Å²) in [6, 6.07) is 8.10. The predicted octanol–water partition coefficient (Wildman–Crippen LogP) is 2.95. The summed E-state index contributed by atoms with van der Waals surface area (Å²) < 4.78 is 3.65. The number of rotatable bonds is 5. The van der Waals surface area contributed by atoms with Gasteiger partial charge in [-0.2, -0.15) is 5.10 Å². The first-order valence-corrected chi connectivity index (χ1v) is 8.54. The Morgan fingerprint density at radius 1 is 1.21 bits per heavy atom. The smallest absolute Gasteiger partial charge is 0.236 e. The van der Waals surface area contributed by atoms with Gasteiger partial charge in [-0.3, -0.25) is 14.0 Å². The number of hydrogen-bond acceptors (Lipinski definition) is 4. The van der Waals surface area contributed by atoms with Crippen molar-refractivity contribution < 1.29 is 4.79 Å². The molecule has 6 nitrogen and oxygen atoms in total. The maximum atomic E-state index is 12.1. The van der Waals surface area contributed by atoms with Gasteiger partial charge in [0.1, 0.15) is 0 Å². The third-order valence-electron chi connectivity index (χ3n) is 3.40. The standard InChI is InChI=1S/C17H19N5OS/c1-12-8-13(2)10-14(9-12)22-7-5-18-17(22)24-11-16(23)19-15-4-6-21(3)20-15/h4-10H,11H2,1-3H3,(H,19,20,23). The van der Waals surface area contributed by atoms with Crippen LogP contribution in [0.3, 0.4) is 0 Å². The van der Waals surface area contributed by atoms with Crippen LogP contribution in [-0.2, 0) is 11.8 Å². The van der Waals surface area contributed by atoms with Crippen molar-refractivity contribution in [3.05, 3.63) is 54.0 Å². The minimum atomic E-state index is -0.103. The number of benzene rings is 1. The van der Waals surface area contributed by atoms with E-state index in [2.05, 4.69) is 47.4 Å².